The van der Waals surface area contributed by atoms with E-state index in [-0.39, 0.29) is 18.5 Å². The number of hydrogen-bond acceptors (Lipinski definition) is 5. The number of ether oxygens (including phenoxy) is 3. The monoisotopic (exact) mass is 847 g/mol. The Balaban J connectivity index is 4.17. The lowest BCUT2D eigenvalue weighted by atomic mass is 10.0. The quantitative estimate of drug-likeness (QED) is 0.0347. The predicted octanol–water partition coefficient (Wildman–Crippen LogP) is 18.2. The van der Waals surface area contributed by atoms with E-state index >= 15 is 0 Å². The van der Waals surface area contributed by atoms with Crippen LogP contribution in [0.3, 0.4) is 0 Å². The summed E-state index contributed by atoms with van der Waals surface area (Å²) in [5, 5.41) is 0. The van der Waals surface area contributed by atoms with E-state index in [1.807, 2.05) is 0 Å². The Bertz CT molecular complexity index is 871. The van der Waals surface area contributed by atoms with Gasteiger partial charge in [-0.2, -0.15) is 0 Å². The highest BCUT2D eigenvalue weighted by atomic mass is 16.6. The van der Waals surface area contributed by atoms with Gasteiger partial charge in [0.1, 0.15) is 6.61 Å². The summed E-state index contributed by atoms with van der Waals surface area (Å²) >= 11 is 0. The van der Waals surface area contributed by atoms with E-state index < -0.39 is 6.10 Å². The predicted molar refractivity (Wildman–Crippen MR) is 261 cm³/mol. The third-order valence-electron chi connectivity index (χ3n) is 12.3. The fraction of sp³-hybridized carbons (Fsp3) is 0.927. The van der Waals surface area contributed by atoms with Gasteiger partial charge in [0.15, 0.2) is 6.10 Å². The molecule has 0 aromatic carbocycles. The van der Waals surface area contributed by atoms with E-state index in [1.165, 1.54) is 231 Å². The molecule has 0 aliphatic carbocycles. The van der Waals surface area contributed by atoms with Gasteiger partial charge >= 0.3 is 11.9 Å². The summed E-state index contributed by atoms with van der Waals surface area (Å²) in [6.45, 7) is 7.88. The highest BCUT2D eigenvalue weighted by molar-refractivity contribution is 5.70. The molecule has 0 aromatic heterocycles. The Hall–Kier alpha value is -1.36. The van der Waals surface area contributed by atoms with Gasteiger partial charge in [-0.1, -0.05) is 258 Å². The molecule has 0 bridgehead atoms. The maximum Gasteiger partial charge on any atom is 0.306 e. The van der Waals surface area contributed by atoms with Crippen LogP contribution in [0.2, 0.25) is 0 Å². The first-order valence-electron chi connectivity index (χ1n) is 27.2. The van der Waals surface area contributed by atoms with Gasteiger partial charge in [0.05, 0.1) is 6.61 Å². The number of allylic oxidation sites excluding steroid dienone is 2. The van der Waals surface area contributed by atoms with Gasteiger partial charge in [0.2, 0.25) is 0 Å². The average molecular weight is 847 g/mol. The molecule has 1 unspecified atom stereocenters. The fourth-order valence-electron chi connectivity index (χ4n) is 8.21. The van der Waals surface area contributed by atoms with Crippen LogP contribution in [0.4, 0.5) is 0 Å². The minimum atomic E-state index is -0.529. The van der Waals surface area contributed by atoms with E-state index in [0.29, 0.717) is 26.1 Å². The molecular formula is C55H106O5. The average Bonchev–Trinajstić information content (AvgIpc) is 3.25. The van der Waals surface area contributed by atoms with Crippen molar-refractivity contribution in [3.8, 4) is 0 Å². The molecule has 5 nitrogen and oxygen atoms in total. The fourth-order valence-corrected chi connectivity index (χ4v) is 8.21. The van der Waals surface area contributed by atoms with Crippen LogP contribution in [-0.4, -0.2) is 37.9 Å². The zero-order valence-electron chi connectivity index (χ0n) is 41.0. The van der Waals surface area contributed by atoms with Crippen molar-refractivity contribution in [2.45, 2.75) is 309 Å². The Morgan fingerprint density at radius 1 is 0.350 bits per heavy atom. The standard InChI is InChI=1S/C55H106O5/c1-4-7-10-13-16-19-22-24-26-27-28-30-32-35-38-41-44-47-50-58-51-53(60-55(57)49-46-43-40-37-33-21-18-15-12-9-6-3)52-59-54(56)48-45-42-39-36-34-31-29-25-23-20-17-14-11-8-5-2/h25,29,53H,4-24,26-28,30-52H2,1-3H3/b29-25-. The molecule has 0 N–H and O–H groups in total. The van der Waals surface area contributed by atoms with Crippen LogP contribution in [0.15, 0.2) is 12.2 Å². The molecule has 0 aliphatic heterocycles. The first kappa shape index (κ1) is 58.6. The van der Waals surface area contributed by atoms with E-state index in [4.69, 9.17) is 14.2 Å². The lowest BCUT2D eigenvalue weighted by Gasteiger charge is -2.18. The number of carbonyl (C=O) groups excluding carboxylic acids is 2. The number of esters is 2. The molecule has 0 rings (SSSR count). The maximum absolute atomic E-state index is 12.8. The lowest BCUT2D eigenvalue weighted by Crippen LogP contribution is -2.30. The second-order valence-corrected chi connectivity index (χ2v) is 18.5. The van der Waals surface area contributed by atoms with Crippen molar-refractivity contribution < 1.29 is 23.8 Å². The van der Waals surface area contributed by atoms with E-state index in [0.717, 1.165) is 38.5 Å². The molecule has 0 saturated carbocycles. The van der Waals surface area contributed by atoms with Crippen molar-refractivity contribution in [3.63, 3.8) is 0 Å². The maximum atomic E-state index is 12.8. The molecule has 5 heteroatoms. The van der Waals surface area contributed by atoms with E-state index in [1.54, 1.807) is 0 Å². The van der Waals surface area contributed by atoms with Gasteiger partial charge in [0, 0.05) is 19.4 Å². The van der Waals surface area contributed by atoms with Crippen molar-refractivity contribution in [2.75, 3.05) is 19.8 Å². The van der Waals surface area contributed by atoms with Crippen LogP contribution in [-0.2, 0) is 23.8 Å². The minimum absolute atomic E-state index is 0.0903. The number of hydrogen-bond donors (Lipinski definition) is 0. The molecule has 0 fully saturated rings. The second kappa shape index (κ2) is 52.0. The van der Waals surface area contributed by atoms with Crippen molar-refractivity contribution in [3.05, 3.63) is 12.2 Å². The van der Waals surface area contributed by atoms with Crippen molar-refractivity contribution >= 4 is 11.9 Å². The van der Waals surface area contributed by atoms with Gasteiger partial charge in [0.25, 0.3) is 0 Å². The molecule has 0 aliphatic rings. The first-order valence-corrected chi connectivity index (χ1v) is 27.2. The first-order chi connectivity index (χ1) is 29.6. The van der Waals surface area contributed by atoms with Gasteiger partial charge in [-0.05, 0) is 44.9 Å². The summed E-state index contributed by atoms with van der Waals surface area (Å²) in [5.74, 6) is -0.386. The van der Waals surface area contributed by atoms with E-state index in [2.05, 4.69) is 32.9 Å². The molecule has 0 heterocycles. The molecule has 0 spiro atoms. The van der Waals surface area contributed by atoms with Crippen molar-refractivity contribution in [1.29, 1.82) is 0 Å². The number of unbranched alkanes of at least 4 members (excludes halogenated alkanes) is 38. The van der Waals surface area contributed by atoms with E-state index in [9.17, 15) is 9.59 Å². The van der Waals surface area contributed by atoms with Crippen LogP contribution < -0.4 is 0 Å². The number of carbonyl (C=O) groups is 2. The van der Waals surface area contributed by atoms with Crippen LogP contribution in [0.1, 0.15) is 303 Å². The molecule has 356 valence electrons. The zero-order valence-corrected chi connectivity index (χ0v) is 41.0. The van der Waals surface area contributed by atoms with Gasteiger partial charge < -0.3 is 14.2 Å². The summed E-state index contributed by atoms with van der Waals surface area (Å²) in [5.41, 5.74) is 0. The SMILES string of the molecule is CCCCCCCC/C=C\CCCCCCCC(=O)OCC(COCCCCCCCCCCCCCCCCCCCC)OC(=O)CCCCCCCCCCCCC. The Labute approximate surface area is 375 Å². The topological polar surface area (TPSA) is 61.8 Å². The third kappa shape index (κ3) is 49.3. The number of rotatable bonds is 51. The van der Waals surface area contributed by atoms with Crippen molar-refractivity contribution in [1.82, 2.24) is 0 Å². The van der Waals surface area contributed by atoms with Gasteiger partial charge in [-0.25, -0.2) is 0 Å². The van der Waals surface area contributed by atoms with Gasteiger partial charge in [-0.15, -0.1) is 0 Å². The lowest BCUT2D eigenvalue weighted by molar-refractivity contribution is -0.163. The van der Waals surface area contributed by atoms with Gasteiger partial charge in [-0.3, -0.25) is 9.59 Å². The smallest absolute Gasteiger partial charge is 0.306 e. The van der Waals surface area contributed by atoms with Crippen LogP contribution in [0, 0.1) is 0 Å². The summed E-state index contributed by atoms with van der Waals surface area (Å²) in [6.07, 6.45) is 59.4. The zero-order chi connectivity index (χ0) is 43.5. The highest BCUT2D eigenvalue weighted by Crippen LogP contribution is 2.16. The third-order valence-corrected chi connectivity index (χ3v) is 12.3. The molecule has 1 atom stereocenters. The Morgan fingerprint density at radius 2 is 0.650 bits per heavy atom. The highest BCUT2D eigenvalue weighted by Gasteiger charge is 2.17. The minimum Gasteiger partial charge on any atom is -0.462 e. The second-order valence-electron chi connectivity index (χ2n) is 18.5. The van der Waals surface area contributed by atoms with Crippen LogP contribution in [0.5, 0.6) is 0 Å². The molecule has 0 radical (unpaired) electrons. The van der Waals surface area contributed by atoms with Crippen LogP contribution in [0.25, 0.3) is 0 Å². The molecule has 0 saturated heterocycles. The molecule has 0 aromatic rings. The molecule has 60 heavy (non-hydrogen) atoms. The Kier molecular flexibility index (Phi) is 50.8. The summed E-state index contributed by atoms with van der Waals surface area (Å²) in [4.78, 5) is 25.4. The largest absolute Gasteiger partial charge is 0.462 e. The summed E-state index contributed by atoms with van der Waals surface area (Å²) < 4.78 is 17.4. The molecular weight excluding hydrogens is 741 g/mol. The molecule has 0 amide bonds. The van der Waals surface area contributed by atoms with Crippen LogP contribution >= 0.6 is 0 Å². The summed E-state index contributed by atoms with van der Waals surface area (Å²) in [7, 11) is 0. The summed E-state index contributed by atoms with van der Waals surface area (Å²) in [6, 6.07) is 0. The Morgan fingerprint density at radius 3 is 1.02 bits per heavy atom. The normalized spacial score (nSPS) is 12.1. The van der Waals surface area contributed by atoms with Crippen molar-refractivity contribution in [2.24, 2.45) is 0 Å².